The van der Waals surface area contributed by atoms with Crippen molar-refractivity contribution in [2.75, 3.05) is 13.7 Å². The number of carbonyl (C=O) groups is 1. The molecule has 0 spiro atoms. The molecule has 19 heavy (non-hydrogen) atoms. The van der Waals surface area contributed by atoms with Crippen LogP contribution in [-0.4, -0.2) is 51.6 Å². The Hall–Kier alpha value is -1.40. The van der Waals surface area contributed by atoms with Crippen LogP contribution in [0.2, 0.25) is 0 Å². The molecule has 1 saturated heterocycles. The van der Waals surface area contributed by atoms with Gasteiger partial charge in [-0.15, -0.1) is 0 Å². The molecule has 2 atom stereocenters. The fourth-order valence-corrected chi connectivity index (χ4v) is 2.54. The summed E-state index contributed by atoms with van der Waals surface area (Å²) in [6.45, 7) is 3.15. The van der Waals surface area contributed by atoms with Crippen molar-refractivity contribution < 1.29 is 14.6 Å². The van der Waals surface area contributed by atoms with E-state index in [2.05, 4.69) is 12.0 Å². The van der Waals surface area contributed by atoms with Gasteiger partial charge in [0.15, 0.2) is 0 Å². The van der Waals surface area contributed by atoms with Crippen molar-refractivity contribution in [3.05, 3.63) is 17.5 Å². The summed E-state index contributed by atoms with van der Waals surface area (Å²) in [4.78, 5) is 13.7. The first-order chi connectivity index (χ1) is 9.05. The van der Waals surface area contributed by atoms with Gasteiger partial charge in [0.05, 0.1) is 24.6 Å². The van der Waals surface area contributed by atoms with E-state index in [1.54, 1.807) is 0 Å². The van der Waals surface area contributed by atoms with Gasteiger partial charge in [0, 0.05) is 26.6 Å². The Kier molecular flexibility index (Phi) is 4.21. The number of esters is 1. The van der Waals surface area contributed by atoms with E-state index in [4.69, 9.17) is 4.74 Å². The smallest absolute Gasteiger partial charge is 0.323 e. The third kappa shape index (κ3) is 2.96. The highest BCUT2D eigenvalue weighted by Gasteiger charge is 2.37. The predicted molar refractivity (Wildman–Crippen MR) is 69.4 cm³/mol. The van der Waals surface area contributed by atoms with Crippen molar-refractivity contribution in [2.45, 2.75) is 38.5 Å². The van der Waals surface area contributed by atoms with Crippen molar-refractivity contribution in [1.82, 2.24) is 14.7 Å². The summed E-state index contributed by atoms with van der Waals surface area (Å²) in [7, 11) is 3.28. The van der Waals surface area contributed by atoms with Gasteiger partial charge in [-0.05, 0) is 12.5 Å². The maximum Gasteiger partial charge on any atom is 0.323 e. The monoisotopic (exact) mass is 267 g/mol. The molecule has 0 aromatic carbocycles. The summed E-state index contributed by atoms with van der Waals surface area (Å²) in [5, 5.41) is 14.1. The molecule has 0 aliphatic carbocycles. The average Bonchev–Trinajstić information content (AvgIpc) is 2.93. The first-order valence-electron chi connectivity index (χ1n) is 6.56. The highest BCUT2D eigenvalue weighted by Crippen LogP contribution is 2.21. The summed E-state index contributed by atoms with van der Waals surface area (Å²) in [5.41, 5.74) is 2.08. The zero-order valence-corrected chi connectivity index (χ0v) is 11.7. The Morgan fingerprint density at radius 2 is 2.37 bits per heavy atom. The number of aryl methyl sites for hydroxylation is 2. The number of likely N-dealkylation sites (tertiary alicyclic amines) is 1. The zero-order chi connectivity index (χ0) is 14.0. The molecule has 1 fully saturated rings. The molecule has 2 unspecified atom stereocenters. The molecular formula is C13H21N3O3. The fourth-order valence-electron chi connectivity index (χ4n) is 2.54. The Morgan fingerprint density at radius 1 is 1.63 bits per heavy atom. The number of β-amino-alcohol motifs (C(OH)–C–C–N with tert-alkyl or cyclic N) is 1. The van der Waals surface area contributed by atoms with Gasteiger partial charge in [0.1, 0.15) is 6.04 Å². The number of aliphatic hydroxyl groups excluding tert-OH is 1. The third-order valence-corrected chi connectivity index (χ3v) is 3.61. The van der Waals surface area contributed by atoms with E-state index in [1.807, 2.05) is 22.7 Å². The van der Waals surface area contributed by atoms with Crippen LogP contribution >= 0.6 is 0 Å². The number of methoxy groups -OCH3 is 1. The molecule has 0 bridgehead atoms. The van der Waals surface area contributed by atoms with Crippen LogP contribution < -0.4 is 0 Å². The minimum atomic E-state index is -0.469. The number of aliphatic hydroxyl groups is 1. The van der Waals surface area contributed by atoms with Crippen molar-refractivity contribution in [2.24, 2.45) is 7.05 Å². The molecular weight excluding hydrogens is 246 g/mol. The second-order valence-corrected chi connectivity index (χ2v) is 4.96. The minimum absolute atomic E-state index is 0.283. The Morgan fingerprint density at radius 3 is 2.95 bits per heavy atom. The second kappa shape index (κ2) is 5.71. The van der Waals surface area contributed by atoms with Crippen LogP contribution in [0.25, 0.3) is 0 Å². The summed E-state index contributed by atoms with van der Waals surface area (Å²) in [5.74, 6) is -0.283. The Bertz CT molecular complexity index is 458. The zero-order valence-electron chi connectivity index (χ0n) is 11.7. The Balaban J connectivity index is 2.11. The van der Waals surface area contributed by atoms with Crippen molar-refractivity contribution in [1.29, 1.82) is 0 Å². The highest BCUT2D eigenvalue weighted by atomic mass is 16.5. The van der Waals surface area contributed by atoms with Gasteiger partial charge in [0.25, 0.3) is 0 Å². The summed E-state index contributed by atoms with van der Waals surface area (Å²) >= 11 is 0. The quantitative estimate of drug-likeness (QED) is 0.783. The molecule has 106 valence electrons. The topological polar surface area (TPSA) is 67.6 Å². The number of ether oxygens (including phenoxy) is 1. The number of rotatable bonds is 4. The normalized spacial score (nSPS) is 23.8. The van der Waals surface area contributed by atoms with E-state index in [1.165, 1.54) is 7.11 Å². The predicted octanol–water partition coefficient (Wildman–Crippen LogP) is 0.0907. The molecule has 1 N–H and O–H groups in total. The molecule has 2 heterocycles. The van der Waals surface area contributed by atoms with Crippen molar-refractivity contribution in [3.63, 3.8) is 0 Å². The van der Waals surface area contributed by atoms with E-state index in [9.17, 15) is 9.90 Å². The summed E-state index contributed by atoms with van der Waals surface area (Å²) in [6.07, 6.45) is 0.852. The molecule has 6 heteroatoms. The van der Waals surface area contributed by atoms with E-state index in [0.29, 0.717) is 19.5 Å². The number of nitrogens with zero attached hydrogens (tertiary/aromatic N) is 3. The van der Waals surface area contributed by atoms with Crippen LogP contribution in [0.4, 0.5) is 0 Å². The molecule has 0 radical (unpaired) electrons. The first-order valence-corrected chi connectivity index (χ1v) is 6.56. The highest BCUT2D eigenvalue weighted by molar-refractivity contribution is 5.76. The lowest BCUT2D eigenvalue weighted by atomic mass is 10.2. The SMILES string of the molecule is CCc1cc(CN2CC(O)CC2C(=O)OC)n(C)n1. The Labute approximate surface area is 113 Å². The maximum absolute atomic E-state index is 11.7. The van der Waals surface area contributed by atoms with Crippen LogP contribution in [-0.2, 0) is 29.5 Å². The summed E-state index contributed by atoms with van der Waals surface area (Å²) < 4.78 is 6.62. The number of hydrogen-bond acceptors (Lipinski definition) is 5. The lowest BCUT2D eigenvalue weighted by molar-refractivity contribution is -0.146. The standard InChI is InChI=1S/C13H21N3O3/c1-4-9-5-10(15(2)14-9)7-16-8-11(17)6-12(16)13(18)19-3/h5,11-12,17H,4,6-8H2,1-3H3. The fraction of sp³-hybridized carbons (Fsp3) is 0.692. The first kappa shape index (κ1) is 14.0. The molecule has 1 aromatic rings. The average molecular weight is 267 g/mol. The van der Waals surface area contributed by atoms with Gasteiger partial charge in [0.2, 0.25) is 0 Å². The molecule has 1 aliphatic rings. The minimum Gasteiger partial charge on any atom is -0.468 e. The van der Waals surface area contributed by atoms with E-state index >= 15 is 0 Å². The van der Waals surface area contributed by atoms with Crippen LogP contribution in [0.3, 0.4) is 0 Å². The van der Waals surface area contributed by atoms with E-state index in [-0.39, 0.29) is 12.0 Å². The lowest BCUT2D eigenvalue weighted by Crippen LogP contribution is -2.36. The second-order valence-electron chi connectivity index (χ2n) is 4.96. The molecule has 2 rings (SSSR count). The van der Waals surface area contributed by atoms with Crippen molar-refractivity contribution in [3.8, 4) is 0 Å². The number of carbonyl (C=O) groups excluding carboxylic acids is 1. The van der Waals surface area contributed by atoms with E-state index < -0.39 is 6.10 Å². The van der Waals surface area contributed by atoms with E-state index in [0.717, 1.165) is 17.8 Å². The molecule has 0 saturated carbocycles. The number of aromatic nitrogens is 2. The van der Waals surface area contributed by atoms with Gasteiger partial charge >= 0.3 is 5.97 Å². The lowest BCUT2D eigenvalue weighted by Gasteiger charge is -2.21. The van der Waals surface area contributed by atoms with Gasteiger partial charge in [-0.2, -0.15) is 5.10 Å². The molecule has 1 aromatic heterocycles. The van der Waals surface area contributed by atoms with Crippen LogP contribution in [0, 0.1) is 0 Å². The maximum atomic E-state index is 11.7. The molecule has 1 aliphatic heterocycles. The van der Waals surface area contributed by atoms with Gasteiger partial charge in [-0.1, -0.05) is 6.92 Å². The van der Waals surface area contributed by atoms with Crippen LogP contribution in [0.15, 0.2) is 6.07 Å². The van der Waals surface area contributed by atoms with Gasteiger partial charge in [-0.25, -0.2) is 0 Å². The largest absolute Gasteiger partial charge is 0.468 e. The van der Waals surface area contributed by atoms with Gasteiger partial charge in [-0.3, -0.25) is 14.4 Å². The summed E-state index contributed by atoms with van der Waals surface area (Å²) in [6, 6.07) is 1.68. The molecule has 6 nitrogen and oxygen atoms in total. The number of hydrogen-bond donors (Lipinski definition) is 1. The van der Waals surface area contributed by atoms with Gasteiger partial charge < -0.3 is 9.84 Å². The van der Waals surface area contributed by atoms with Crippen LogP contribution in [0.1, 0.15) is 24.7 Å². The molecule has 0 amide bonds. The van der Waals surface area contributed by atoms with Crippen molar-refractivity contribution >= 4 is 5.97 Å². The van der Waals surface area contributed by atoms with Crippen LogP contribution in [0.5, 0.6) is 0 Å². The third-order valence-electron chi connectivity index (χ3n) is 3.61.